The summed E-state index contributed by atoms with van der Waals surface area (Å²) in [5.41, 5.74) is 1.93. The van der Waals surface area contributed by atoms with Gasteiger partial charge in [0.05, 0.1) is 10.7 Å². The molecular formula is C19H17ClN4O. The Labute approximate surface area is 151 Å². The fraction of sp³-hybridized carbons (Fsp3) is 0.105. The van der Waals surface area contributed by atoms with Crippen LogP contribution < -0.4 is 10.6 Å². The first-order valence-corrected chi connectivity index (χ1v) is 8.20. The topological polar surface area (TPSA) is 66.9 Å². The predicted molar refractivity (Wildman–Crippen MR) is 99.9 cm³/mol. The number of halogens is 1. The Morgan fingerprint density at radius 1 is 1.04 bits per heavy atom. The van der Waals surface area contributed by atoms with Crippen LogP contribution in [0.1, 0.15) is 29.0 Å². The summed E-state index contributed by atoms with van der Waals surface area (Å²) in [5.74, 6) is 0.238. The number of rotatable bonds is 5. The van der Waals surface area contributed by atoms with Crippen molar-refractivity contribution < 1.29 is 4.79 Å². The minimum Gasteiger partial charge on any atom is -0.363 e. The zero-order valence-corrected chi connectivity index (χ0v) is 14.4. The van der Waals surface area contributed by atoms with Gasteiger partial charge in [-0.15, -0.1) is 0 Å². The standard InChI is InChI=1S/C19H17ClN4O/c1-13(14-7-3-2-4-8-14)23-18-11-17(21-12-22-18)19(25)24-16-10-6-5-9-15(16)20/h2-13H,1H3,(H,24,25)(H,21,22,23). The number of aromatic nitrogens is 2. The van der Waals surface area contributed by atoms with Crippen LogP contribution in [0.3, 0.4) is 0 Å². The second-order valence-electron chi connectivity index (χ2n) is 5.50. The Balaban J connectivity index is 1.73. The molecule has 0 radical (unpaired) electrons. The molecule has 1 amide bonds. The fourth-order valence-corrected chi connectivity index (χ4v) is 2.54. The molecule has 1 atom stereocenters. The van der Waals surface area contributed by atoms with E-state index in [0.717, 1.165) is 5.56 Å². The van der Waals surface area contributed by atoms with Gasteiger partial charge in [-0.3, -0.25) is 4.79 Å². The Morgan fingerprint density at radius 2 is 1.76 bits per heavy atom. The summed E-state index contributed by atoms with van der Waals surface area (Å²) in [6, 6.07) is 18.7. The van der Waals surface area contributed by atoms with Crippen LogP contribution in [0.25, 0.3) is 0 Å². The SMILES string of the molecule is CC(Nc1cc(C(=O)Nc2ccccc2Cl)ncn1)c1ccccc1. The van der Waals surface area contributed by atoms with E-state index in [4.69, 9.17) is 11.6 Å². The summed E-state index contributed by atoms with van der Waals surface area (Å²) in [6.45, 7) is 2.03. The molecule has 0 saturated carbocycles. The van der Waals surface area contributed by atoms with E-state index >= 15 is 0 Å². The van der Waals surface area contributed by atoms with Crippen LogP contribution in [0.4, 0.5) is 11.5 Å². The first-order valence-electron chi connectivity index (χ1n) is 7.83. The Bertz CT molecular complexity index is 870. The molecule has 0 aliphatic heterocycles. The van der Waals surface area contributed by atoms with Crippen LogP contribution in [-0.2, 0) is 0 Å². The molecule has 0 bridgehead atoms. The summed E-state index contributed by atoms with van der Waals surface area (Å²) < 4.78 is 0. The molecule has 0 fully saturated rings. The molecular weight excluding hydrogens is 336 g/mol. The molecule has 0 saturated heterocycles. The lowest BCUT2D eigenvalue weighted by molar-refractivity contribution is 0.102. The molecule has 2 N–H and O–H groups in total. The lowest BCUT2D eigenvalue weighted by Gasteiger charge is -2.15. The van der Waals surface area contributed by atoms with Crippen molar-refractivity contribution in [2.75, 3.05) is 10.6 Å². The summed E-state index contributed by atoms with van der Waals surface area (Å²) in [5, 5.41) is 6.49. The van der Waals surface area contributed by atoms with Crippen molar-refractivity contribution in [3.63, 3.8) is 0 Å². The third kappa shape index (κ3) is 4.33. The number of hydrogen-bond donors (Lipinski definition) is 2. The zero-order valence-electron chi connectivity index (χ0n) is 13.6. The Hall–Kier alpha value is -2.92. The van der Waals surface area contributed by atoms with Crippen LogP contribution in [-0.4, -0.2) is 15.9 Å². The maximum Gasteiger partial charge on any atom is 0.274 e. The van der Waals surface area contributed by atoms with Gasteiger partial charge in [-0.25, -0.2) is 9.97 Å². The molecule has 5 nitrogen and oxygen atoms in total. The Kier molecular flexibility index (Phi) is 5.26. The molecule has 6 heteroatoms. The van der Waals surface area contributed by atoms with Gasteiger partial charge in [0.25, 0.3) is 5.91 Å². The van der Waals surface area contributed by atoms with Gasteiger partial charge >= 0.3 is 0 Å². The number of nitrogens with one attached hydrogen (secondary N) is 2. The fourth-order valence-electron chi connectivity index (χ4n) is 2.36. The zero-order chi connectivity index (χ0) is 17.6. The minimum absolute atomic E-state index is 0.0515. The molecule has 1 unspecified atom stereocenters. The van der Waals surface area contributed by atoms with Crippen molar-refractivity contribution in [1.82, 2.24) is 9.97 Å². The molecule has 1 aromatic heterocycles. The van der Waals surface area contributed by atoms with Crippen molar-refractivity contribution in [1.29, 1.82) is 0 Å². The maximum absolute atomic E-state index is 12.4. The number of nitrogens with zero attached hydrogens (tertiary/aromatic N) is 2. The number of anilines is 2. The quantitative estimate of drug-likeness (QED) is 0.706. The highest BCUT2D eigenvalue weighted by Gasteiger charge is 2.12. The smallest absolute Gasteiger partial charge is 0.274 e. The molecule has 0 aliphatic carbocycles. The highest BCUT2D eigenvalue weighted by molar-refractivity contribution is 6.33. The van der Waals surface area contributed by atoms with Crippen molar-refractivity contribution in [2.24, 2.45) is 0 Å². The lowest BCUT2D eigenvalue weighted by atomic mass is 10.1. The van der Waals surface area contributed by atoms with Crippen LogP contribution in [0.5, 0.6) is 0 Å². The van der Waals surface area contributed by atoms with Crippen LogP contribution in [0.2, 0.25) is 5.02 Å². The average Bonchev–Trinajstić information content (AvgIpc) is 2.64. The summed E-state index contributed by atoms with van der Waals surface area (Å²) in [4.78, 5) is 20.6. The number of amides is 1. The molecule has 126 valence electrons. The highest BCUT2D eigenvalue weighted by Crippen LogP contribution is 2.22. The van der Waals surface area contributed by atoms with Gasteiger partial charge in [-0.1, -0.05) is 54.1 Å². The van der Waals surface area contributed by atoms with Crippen molar-refractivity contribution in [2.45, 2.75) is 13.0 Å². The average molecular weight is 353 g/mol. The predicted octanol–water partition coefficient (Wildman–Crippen LogP) is 4.56. The van der Waals surface area contributed by atoms with E-state index in [9.17, 15) is 4.79 Å². The van der Waals surface area contributed by atoms with E-state index in [1.807, 2.05) is 37.3 Å². The lowest BCUT2D eigenvalue weighted by Crippen LogP contribution is -2.15. The van der Waals surface area contributed by atoms with Crippen molar-refractivity contribution in [3.05, 3.63) is 83.3 Å². The normalized spacial score (nSPS) is 11.6. The van der Waals surface area contributed by atoms with Gasteiger partial charge in [-0.2, -0.15) is 0 Å². The first kappa shape index (κ1) is 16.9. The van der Waals surface area contributed by atoms with E-state index < -0.39 is 0 Å². The summed E-state index contributed by atoms with van der Waals surface area (Å²) in [6.07, 6.45) is 1.36. The van der Waals surface area contributed by atoms with Crippen LogP contribution in [0.15, 0.2) is 67.0 Å². The van der Waals surface area contributed by atoms with Crippen molar-refractivity contribution in [3.8, 4) is 0 Å². The molecule has 1 heterocycles. The van der Waals surface area contributed by atoms with E-state index in [0.29, 0.717) is 16.5 Å². The van der Waals surface area contributed by atoms with Gasteiger partial charge in [0.15, 0.2) is 0 Å². The molecule has 25 heavy (non-hydrogen) atoms. The van der Waals surface area contributed by atoms with E-state index in [-0.39, 0.29) is 17.6 Å². The van der Waals surface area contributed by atoms with Gasteiger partial charge in [0.1, 0.15) is 17.8 Å². The third-order valence-corrected chi connectivity index (χ3v) is 4.02. The first-order chi connectivity index (χ1) is 12.1. The maximum atomic E-state index is 12.4. The largest absolute Gasteiger partial charge is 0.363 e. The van der Waals surface area contributed by atoms with Crippen molar-refractivity contribution >= 4 is 29.0 Å². The number of carbonyl (C=O) groups is 1. The van der Waals surface area contributed by atoms with Crippen LogP contribution >= 0.6 is 11.6 Å². The third-order valence-electron chi connectivity index (χ3n) is 3.69. The second-order valence-corrected chi connectivity index (χ2v) is 5.91. The van der Waals surface area contributed by atoms with E-state index in [2.05, 4.69) is 20.6 Å². The van der Waals surface area contributed by atoms with Gasteiger partial charge in [-0.05, 0) is 24.6 Å². The summed E-state index contributed by atoms with van der Waals surface area (Å²) >= 11 is 6.06. The monoisotopic (exact) mass is 352 g/mol. The summed E-state index contributed by atoms with van der Waals surface area (Å²) in [7, 11) is 0. The van der Waals surface area contributed by atoms with Gasteiger partial charge in [0.2, 0.25) is 0 Å². The highest BCUT2D eigenvalue weighted by atomic mass is 35.5. The second kappa shape index (κ2) is 7.77. The van der Waals surface area contributed by atoms with Gasteiger partial charge < -0.3 is 10.6 Å². The van der Waals surface area contributed by atoms with Gasteiger partial charge in [0, 0.05) is 12.1 Å². The number of hydrogen-bond acceptors (Lipinski definition) is 4. The molecule has 0 aliphatic rings. The Morgan fingerprint density at radius 3 is 2.52 bits per heavy atom. The molecule has 0 spiro atoms. The molecule has 2 aromatic carbocycles. The van der Waals surface area contributed by atoms with E-state index in [1.165, 1.54) is 6.33 Å². The number of carbonyl (C=O) groups excluding carboxylic acids is 1. The van der Waals surface area contributed by atoms with Crippen LogP contribution in [0, 0.1) is 0 Å². The molecule has 3 aromatic rings. The number of benzene rings is 2. The number of para-hydroxylation sites is 1. The van der Waals surface area contributed by atoms with E-state index in [1.54, 1.807) is 30.3 Å². The molecule has 3 rings (SSSR count). The minimum atomic E-state index is -0.342.